The van der Waals surface area contributed by atoms with Crippen molar-refractivity contribution >= 4 is 27.5 Å². The van der Waals surface area contributed by atoms with E-state index in [4.69, 9.17) is 17.3 Å². The zero-order chi connectivity index (χ0) is 13.9. The van der Waals surface area contributed by atoms with Gasteiger partial charge in [-0.15, -0.1) is 0 Å². The van der Waals surface area contributed by atoms with E-state index in [2.05, 4.69) is 35.0 Å². The van der Waals surface area contributed by atoms with Gasteiger partial charge in [-0.05, 0) is 36.1 Å². The van der Waals surface area contributed by atoms with Gasteiger partial charge in [-0.25, -0.2) is 0 Å². The van der Waals surface area contributed by atoms with Crippen LogP contribution in [0, 0.1) is 0 Å². The zero-order valence-corrected chi connectivity index (χ0v) is 13.2. The van der Waals surface area contributed by atoms with Crippen molar-refractivity contribution in [1.82, 2.24) is 0 Å². The van der Waals surface area contributed by atoms with E-state index < -0.39 is 0 Å². The van der Waals surface area contributed by atoms with E-state index in [1.54, 1.807) is 0 Å². The molecule has 0 amide bonds. The minimum Gasteiger partial charge on any atom is -0.321 e. The third-order valence-electron chi connectivity index (χ3n) is 3.50. The zero-order valence-electron chi connectivity index (χ0n) is 10.9. The maximum Gasteiger partial charge on any atom is 0.0450 e. The average molecular weight is 339 g/mol. The van der Waals surface area contributed by atoms with Crippen LogP contribution < -0.4 is 5.73 Å². The number of benzene rings is 2. The van der Waals surface area contributed by atoms with E-state index in [0.29, 0.717) is 0 Å². The first-order valence-corrected chi connectivity index (χ1v) is 7.50. The molecular formula is C16H17BrClN. The molecule has 0 saturated heterocycles. The Kier molecular flexibility index (Phi) is 4.67. The highest BCUT2D eigenvalue weighted by atomic mass is 79.9. The van der Waals surface area contributed by atoms with Crippen molar-refractivity contribution in [2.75, 3.05) is 0 Å². The second kappa shape index (κ2) is 6.08. The summed E-state index contributed by atoms with van der Waals surface area (Å²) in [6, 6.07) is 16.2. The van der Waals surface area contributed by atoms with Gasteiger partial charge in [-0.1, -0.05) is 70.9 Å². The third-order valence-corrected chi connectivity index (χ3v) is 4.35. The molecule has 0 aromatic heterocycles. The molecule has 3 heteroatoms. The van der Waals surface area contributed by atoms with Crippen molar-refractivity contribution < 1.29 is 0 Å². The Bertz CT molecular complexity index is 556. The van der Waals surface area contributed by atoms with Crippen molar-refractivity contribution in [3.63, 3.8) is 0 Å². The van der Waals surface area contributed by atoms with Crippen molar-refractivity contribution in [3.05, 3.63) is 69.2 Å². The Balaban J connectivity index is 2.33. The molecule has 0 aliphatic rings. The summed E-state index contributed by atoms with van der Waals surface area (Å²) < 4.78 is 0.986. The first kappa shape index (κ1) is 14.6. The highest BCUT2D eigenvalue weighted by Crippen LogP contribution is 2.30. The Morgan fingerprint density at radius 1 is 1.16 bits per heavy atom. The second-order valence-electron chi connectivity index (χ2n) is 4.79. The van der Waals surface area contributed by atoms with Crippen LogP contribution in [0.4, 0.5) is 0 Å². The molecule has 1 nitrogen and oxygen atoms in total. The lowest BCUT2D eigenvalue weighted by Gasteiger charge is -2.29. The highest BCUT2D eigenvalue weighted by Gasteiger charge is 2.26. The Hall–Kier alpha value is -0.830. The maximum atomic E-state index is 6.59. The summed E-state index contributed by atoms with van der Waals surface area (Å²) in [6.07, 6.45) is 1.60. The highest BCUT2D eigenvalue weighted by molar-refractivity contribution is 9.10. The monoisotopic (exact) mass is 337 g/mol. The topological polar surface area (TPSA) is 26.0 Å². The molecule has 0 bridgehead atoms. The summed E-state index contributed by atoms with van der Waals surface area (Å²) in [6.45, 7) is 2.11. The van der Waals surface area contributed by atoms with Crippen LogP contribution in [0.5, 0.6) is 0 Å². The third kappa shape index (κ3) is 3.38. The quantitative estimate of drug-likeness (QED) is 0.842. The van der Waals surface area contributed by atoms with Gasteiger partial charge < -0.3 is 5.73 Å². The summed E-state index contributed by atoms with van der Waals surface area (Å²) in [5, 5.41) is 0.758. The lowest BCUT2D eigenvalue weighted by atomic mass is 9.82. The van der Waals surface area contributed by atoms with E-state index >= 15 is 0 Å². The van der Waals surface area contributed by atoms with E-state index in [-0.39, 0.29) is 5.54 Å². The fraction of sp³-hybridized carbons (Fsp3) is 0.250. The van der Waals surface area contributed by atoms with Crippen LogP contribution in [0.25, 0.3) is 0 Å². The normalized spacial score (nSPS) is 14.1. The first-order valence-electron chi connectivity index (χ1n) is 6.33. The van der Waals surface area contributed by atoms with E-state index in [1.807, 2.05) is 36.4 Å². The second-order valence-corrected chi connectivity index (χ2v) is 6.11. The molecule has 2 aromatic carbocycles. The molecule has 2 N–H and O–H groups in total. The van der Waals surface area contributed by atoms with Crippen LogP contribution in [-0.4, -0.2) is 0 Å². The predicted molar refractivity (Wildman–Crippen MR) is 85.5 cm³/mol. The minimum atomic E-state index is -0.376. The van der Waals surface area contributed by atoms with Gasteiger partial charge in [0.25, 0.3) is 0 Å². The smallest absolute Gasteiger partial charge is 0.0450 e. The van der Waals surface area contributed by atoms with Gasteiger partial charge in [0.15, 0.2) is 0 Å². The Morgan fingerprint density at radius 3 is 2.42 bits per heavy atom. The largest absolute Gasteiger partial charge is 0.321 e. The van der Waals surface area contributed by atoms with Crippen LogP contribution in [0.3, 0.4) is 0 Å². The SMILES string of the molecule is CCC(N)(Cc1ccc(Br)cc1Cl)c1ccccc1. The number of hydrogen-bond donors (Lipinski definition) is 1. The maximum absolute atomic E-state index is 6.59. The van der Waals surface area contributed by atoms with Gasteiger partial charge in [0.2, 0.25) is 0 Å². The van der Waals surface area contributed by atoms with E-state index in [0.717, 1.165) is 33.5 Å². The van der Waals surface area contributed by atoms with Gasteiger partial charge in [-0.3, -0.25) is 0 Å². The van der Waals surface area contributed by atoms with Crippen LogP contribution in [0.15, 0.2) is 53.0 Å². The molecule has 2 rings (SSSR count). The summed E-state index contributed by atoms with van der Waals surface area (Å²) in [4.78, 5) is 0. The van der Waals surface area contributed by atoms with Gasteiger partial charge >= 0.3 is 0 Å². The molecule has 0 heterocycles. The van der Waals surface area contributed by atoms with Crippen molar-refractivity contribution in [2.24, 2.45) is 5.73 Å². The molecule has 2 aromatic rings. The Labute approximate surface area is 127 Å². The molecule has 0 fully saturated rings. The fourth-order valence-electron chi connectivity index (χ4n) is 2.21. The molecule has 0 radical (unpaired) electrons. The Morgan fingerprint density at radius 2 is 1.84 bits per heavy atom. The van der Waals surface area contributed by atoms with Gasteiger partial charge in [0.05, 0.1) is 0 Å². The molecule has 0 spiro atoms. The lowest BCUT2D eigenvalue weighted by Crippen LogP contribution is -2.38. The van der Waals surface area contributed by atoms with Crippen LogP contribution >= 0.6 is 27.5 Å². The summed E-state index contributed by atoms with van der Waals surface area (Å²) in [5.74, 6) is 0. The lowest BCUT2D eigenvalue weighted by molar-refractivity contribution is 0.425. The van der Waals surface area contributed by atoms with E-state index in [9.17, 15) is 0 Å². The van der Waals surface area contributed by atoms with Crippen molar-refractivity contribution in [1.29, 1.82) is 0 Å². The molecule has 0 aliphatic carbocycles. The molecule has 19 heavy (non-hydrogen) atoms. The van der Waals surface area contributed by atoms with Crippen molar-refractivity contribution in [3.8, 4) is 0 Å². The van der Waals surface area contributed by atoms with Gasteiger partial charge in [0.1, 0.15) is 0 Å². The molecule has 0 aliphatic heterocycles. The number of rotatable bonds is 4. The number of nitrogens with two attached hydrogens (primary N) is 1. The van der Waals surface area contributed by atoms with Gasteiger partial charge in [0, 0.05) is 15.0 Å². The van der Waals surface area contributed by atoms with Crippen LogP contribution in [0.1, 0.15) is 24.5 Å². The average Bonchev–Trinajstić information content (AvgIpc) is 2.43. The van der Waals surface area contributed by atoms with Gasteiger partial charge in [-0.2, -0.15) is 0 Å². The number of halogens is 2. The first-order chi connectivity index (χ1) is 9.05. The molecular weight excluding hydrogens is 322 g/mol. The molecule has 1 atom stereocenters. The van der Waals surface area contributed by atoms with Crippen LogP contribution in [-0.2, 0) is 12.0 Å². The minimum absolute atomic E-state index is 0.376. The van der Waals surface area contributed by atoms with E-state index in [1.165, 1.54) is 0 Å². The molecule has 1 unspecified atom stereocenters. The molecule has 100 valence electrons. The molecule has 0 saturated carbocycles. The standard InChI is InChI=1S/C16H17BrClN/c1-2-16(19,13-6-4-3-5-7-13)11-12-8-9-14(17)10-15(12)18/h3-10H,2,11,19H2,1H3. The van der Waals surface area contributed by atoms with Crippen molar-refractivity contribution in [2.45, 2.75) is 25.3 Å². The summed E-state index contributed by atoms with van der Waals surface area (Å²) in [5.41, 5.74) is 8.44. The summed E-state index contributed by atoms with van der Waals surface area (Å²) in [7, 11) is 0. The number of hydrogen-bond acceptors (Lipinski definition) is 1. The predicted octanol–water partition coefficient (Wildman–Crippen LogP) is 4.91. The van der Waals surface area contributed by atoms with Crippen LogP contribution in [0.2, 0.25) is 5.02 Å². The summed E-state index contributed by atoms with van der Waals surface area (Å²) >= 11 is 9.72. The fourth-order valence-corrected chi connectivity index (χ4v) is 2.95.